The molecule has 5 nitrogen and oxygen atoms in total. The van der Waals surface area contributed by atoms with Gasteiger partial charge in [-0.05, 0) is 50.2 Å². The second-order valence-electron chi connectivity index (χ2n) is 4.69. The zero-order valence-electron chi connectivity index (χ0n) is 11.5. The fraction of sp³-hybridized carbons (Fsp3) is 0.214. The lowest BCUT2D eigenvalue weighted by Gasteiger charge is -2.10. The summed E-state index contributed by atoms with van der Waals surface area (Å²) in [6, 6.07) is 6.16. The van der Waals surface area contributed by atoms with Crippen molar-refractivity contribution in [2.75, 3.05) is 0 Å². The van der Waals surface area contributed by atoms with Gasteiger partial charge in [-0.2, -0.15) is 5.10 Å². The molecule has 3 aromatic rings. The van der Waals surface area contributed by atoms with Crippen LogP contribution in [0.5, 0.6) is 0 Å². The van der Waals surface area contributed by atoms with E-state index in [0.29, 0.717) is 5.89 Å². The molecule has 3 rings (SSSR count). The van der Waals surface area contributed by atoms with E-state index in [9.17, 15) is 0 Å². The van der Waals surface area contributed by atoms with E-state index in [2.05, 4.69) is 35.2 Å². The number of aromatic amines is 1. The Bertz CT molecular complexity index is 828. The molecule has 0 aliphatic heterocycles. The third-order valence-corrected chi connectivity index (χ3v) is 3.66. The number of hydrogen-bond donors (Lipinski definition) is 1. The number of aromatic nitrogens is 4. The summed E-state index contributed by atoms with van der Waals surface area (Å²) in [6.45, 7) is 6.16. The molecule has 0 unspecified atom stereocenters. The zero-order chi connectivity index (χ0) is 14.3. The number of hydrogen-bond acceptors (Lipinski definition) is 4. The van der Waals surface area contributed by atoms with Crippen LogP contribution in [0.15, 0.2) is 28.8 Å². The number of aryl methyl sites for hydroxylation is 1. The van der Waals surface area contributed by atoms with Crippen molar-refractivity contribution in [3.63, 3.8) is 0 Å². The molecule has 0 amide bonds. The van der Waals surface area contributed by atoms with Crippen LogP contribution < -0.4 is 0 Å². The fourth-order valence-corrected chi connectivity index (χ4v) is 2.30. The minimum Gasteiger partial charge on any atom is -0.409 e. The predicted molar refractivity (Wildman–Crippen MR) is 78.5 cm³/mol. The number of H-pyrrole nitrogens is 1. The summed E-state index contributed by atoms with van der Waals surface area (Å²) in [5, 5.41) is 11.1. The van der Waals surface area contributed by atoms with Crippen LogP contribution in [0.25, 0.3) is 17.1 Å². The van der Waals surface area contributed by atoms with Gasteiger partial charge in [0.05, 0.1) is 23.1 Å². The van der Waals surface area contributed by atoms with Gasteiger partial charge < -0.3 is 4.42 Å². The van der Waals surface area contributed by atoms with Crippen LogP contribution in [-0.2, 0) is 0 Å². The normalized spacial score (nSPS) is 10.9. The van der Waals surface area contributed by atoms with E-state index < -0.39 is 0 Å². The highest BCUT2D eigenvalue weighted by atomic mass is 32.1. The molecule has 0 atom stereocenters. The van der Waals surface area contributed by atoms with Gasteiger partial charge in [-0.1, -0.05) is 12.1 Å². The Balaban J connectivity index is 2.15. The van der Waals surface area contributed by atoms with Gasteiger partial charge >= 0.3 is 0 Å². The molecule has 0 saturated carbocycles. The Labute approximate surface area is 121 Å². The Morgan fingerprint density at radius 3 is 2.75 bits per heavy atom. The van der Waals surface area contributed by atoms with E-state index >= 15 is 0 Å². The molecule has 2 heterocycles. The van der Waals surface area contributed by atoms with Crippen molar-refractivity contribution in [3.05, 3.63) is 46.1 Å². The quantitative estimate of drug-likeness (QED) is 0.732. The maximum atomic E-state index is 5.35. The highest BCUT2D eigenvalue weighted by Crippen LogP contribution is 2.25. The Morgan fingerprint density at radius 1 is 1.25 bits per heavy atom. The molecule has 0 aliphatic rings. The average molecular weight is 286 g/mol. The van der Waals surface area contributed by atoms with E-state index in [-0.39, 0.29) is 4.84 Å². The molecule has 1 aromatic carbocycles. The summed E-state index contributed by atoms with van der Waals surface area (Å²) >= 11 is 4.90. The van der Waals surface area contributed by atoms with Crippen molar-refractivity contribution in [3.8, 4) is 17.1 Å². The van der Waals surface area contributed by atoms with Crippen molar-refractivity contribution in [1.82, 2.24) is 20.0 Å². The van der Waals surface area contributed by atoms with Crippen LogP contribution in [0.4, 0.5) is 0 Å². The van der Waals surface area contributed by atoms with Crippen LogP contribution >= 0.6 is 12.2 Å². The van der Waals surface area contributed by atoms with E-state index in [1.165, 1.54) is 11.1 Å². The van der Waals surface area contributed by atoms with Crippen molar-refractivity contribution in [2.24, 2.45) is 0 Å². The highest BCUT2D eigenvalue weighted by molar-refractivity contribution is 7.71. The maximum absolute atomic E-state index is 5.35. The third-order valence-electron chi connectivity index (χ3n) is 3.48. The van der Waals surface area contributed by atoms with Crippen molar-refractivity contribution < 1.29 is 4.42 Å². The number of nitrogens with one attached hydrogen (secondary N) is 1. The highest BCUT2D eigenvalue weighted by Gasteiger charge is 2.15. The van der Waals surface area contributed by atoms with Gasteiger partial charge in [0, 0.05) is 0 Å². The average Bonchev–Trinajstić information content (AvgIpc) is 2.99. The lowest BCUT2D eigenvalue weighted by Crippen LogP contribution is -2.02. The van der Waals surface area contributed by atoms with Crippen molar-refractivity contribution >= 4 is 12.2 Å². The first kappa shape index (κ1) is 12.8. The minimum absolute atomic E-state index is 0.263. The molecular formula is C14H14N4OS. The minimum atomic E-state index is 0.263. The molecule has 0 spiro atoms. The zero-order valence-corrected chi connectivity index (χ0v) is 12.3. The van der Waals surface area contributed by atoms with E-state index in [1.807, 2.05) is 23.7 Å². The van der Waals surface area contributed by atoms with E-state index in [1.54, 1.807) is 6.20 Å². The molecule has 0 aliphatic carbocycles. The Hall–Kier alpha value is -2.21. The summed E-state index contributed by atoms with van der Waals surface area (Å²) in [4.78, 5) is 0.263. The molecule has 20 heavy (non-hydrogen) atoms. The van der Waals surface area contributed by atoms with Crippen LogP contribution in [0, 0.1) is 25.6 Å². The van der Waals surface area contributed by atoms with Crippen LogP contribution in [0.1, 0.15) is 16.8 Å². The summed E-state index contributed by atoms with van der Waals surface area (Å²) in [7, 11) is 0. The summed E-state index contributed by atoms with van der Waals surface area (Å²) in [5.41, 5.74) is 5.29. The molecule has 0 bridgehead atoms. The maximum Gasteiger partial charge on any atom is 0.284 e. The van der Waals surface area contributed by atoms with Gasteiger partial charge in [0.25, 0.3) is 4.84 Å². The summed E-state index contributed by atoms with van der Waals surface area (Å²) in [6.07, 6.45) is 1.74. The predicted octanol–water partition coefficient (Wildman–Crippen LogP) is 3.51. The molecule has 102 valence electrons. The first-order chi connectivity index (χ1) is 9.58. The number of rotatable bonds is 2. The van der Waals surface area contributed by atoms with Gasteiger partial charge in [0.15, 0.2) is 0 Å². The SMILES string of the molecule is Cc1cccc(-n2ncc(-c3n[nH]c(=S)o3)c2C)c1C. The lowest BCUT2D eigenvalue weighted by molar-refractivity contribution is 0.551. The monoisotopic (exact) mass is 286 g/mol. The smallest absolute Gasteiger partial charge is 0.284 e. The molecule has 2 aromatic heterocycles. The molecule has 0 saturated heterocycles. The van der Waals surface area contributed by atoms with Gasteiger partial charge in [0.2, 0.25) is 5.89 Å². The van der Waals surface area contributed by atoms with Crippen LogP contribution in [0.2, 0.25) is 0 Å². The van der Waals surface area contributed by atoms with Crippen LogP contribution in [-0.4, -0.2) is 20.0 Å². The van der Waals surface area contributed by atoms with Gasteiger partial charge in [-0.15, -0.1) is 5.10 Å². The fourth-order valence-electron chi connectivity index (χ4n) is 2.17. The molecule has 0 fully saturated rings. The molecule has 1 N–H and O–H groups in total. The number of benzene rings is 1. The summed E-state index contributed by atoms with van der Waals surface area (Å²) in [5.74, 6) is 0.462. The first-order valence-electron chi connectivity index (χ1n) is 6.25. The second kappa shape index (κ2) is 4.72. The molecule has 0 radical (unpaired) electrons. The Kier molecular flexibility index (Phi) is 3.02. The van der Waals surface area contributed by atoms with Crippen molar-refractivity contribution in [2.45, 2.75) is 20.8 Å². The van der Waals surface area contributed by atoms with Gasteiger partial charge in [-0.3, -0.25) is 0 Å². The van der Waals surface area contributed by atoms with Gasteiger partial charge in [0.1, 0.15) is 0 Å². The molecule has 6 heteroatoms. The Morgan fingerprint density at radius 2 is 2.05 bits per heavy atom. The topological polar surface area (TPSA) is 59.6 Å². The first-order valence-corrected chi connectivity index (χ1v) is 6.66. The third kappa shape index (κ3) is 1.98. The van der Waals surface area contributed by atoms with Gasteiger partial charge in [-0.25, -0.2) is 9.78 Å². The van der Waals surface area contributed by atoms with E-state index in [0.717, 1.165) is 16.9 Å². The van der Waals surface area contributed by atoms with E-state index in [4.69, 9.17) is 16.6 Å². The lowest BCUT2D eigenvalue weighted by atomic mass is 10.1. The summed E-state index contributed by atoms with van der Waals surface area (Å²) < 4.78 is 7.24. The standard InChI is InChI=1S/C14H14N4OS/c1-8-5-4-6-12(9(8)2)18-10(3)11(7-15-18)13-16-17-14(20)19-13/h4-7H,1-3H3,(H,17,20). The number of nitrogens with zero attached hydrogens (tertiary/aromatic N) is 3. The van der Waals surface area contributed by atoms with Crippen molar-refractivity contribution in [1.29, 1.82) is 0 Å². The molecular weight excluding hydrogens is 272 g/mol. The van der Waals surface area contributed by atoms with Crippen LogP contribution in [0.3, 0.4) is 0 Å². The largest absolute Gasteiger partial charge is 0.409 e. The second-order valence-corrected chi connectivity index (χ2v) is 5.06.